The van der Waals surface area contributed by atoms with Crippen LogP contribution in [0.15, 0.2) is 24.3 Å². The van der Waals surface area contributed by atoms with Gasteiger partial charge in [-0.2, -0.15) is 0 Å². The number of aliphatic hydroxyl groups is 8. The van der Waals surface area contributed by atoms with Crippen molar-refractivity contribution in [2.24, 2.45) is 0 Å². The van der Waals surface area contributed by atoms with Crippen LogP contribution in [0.1, 0.15) is 155 Å². The molecule has 2 saturated heterocycles. The van der Waals surface area contributed by atoms with Crippen molar-refractivity contribution in [3.63, 3.8) is 0 Å². The number of nitrogens with one attached hydrogen (secondary N) is 1. The Kier molecular flexibility index (Phi) is 29.2. The summed E-state index contributed by atoms with van der Waals surface area (Å²) in [5.74, 6) is -0.254. The Bertz CT molecular complexity index is 1080. The molecule has 2 heterocycles. The molecule has 9 N–H and O–H groups in total. The maximum Gasteiger partial charge on any atom is 0.220 e. The second-order valence-electron chi connectivity index (χ2n) is 16.2. The summed E-state index contributed by atoms with van der Waals surface area (Å²) in [7, 11) is 0. The van der Waals surface area contributed by atoms with Crippen molar-refractivity contribution in [2.45, 2.75) is 229 Å². The van der Waals surface area contributed by atoms with Crippen LogP contribution in [-0.2, 0) is 23.7 Å². The van der Waals surface area contributed by atoms with Gasteiger partial charge in [-0.25, -0.2) is 0 Å². The van der Waals surface area contributed by atoms with Gasteiger partial charge in [0.2, 0.25) is 5.91 Å². The molecule has 0 aromatic heterocycles. The monoisotopic (exact) mass is 832 g/mol. The van der Waals surface area contributed by atoms with E-state index in [9.17, 15) is 45.6 Å². The molecule has 0 bridgehead atoms. The van der Waals surface area contributed by atoms with Crippen LogP contribution >= 0.6 is 0 Å². The number of carbonyl (C=O) groups excluding carboxylic acids is 1. The van der Waals surface area contributed by atoms with E-state index >= 15 is 0 Å². The zero-order valence-corrected chi connectivity index (χ0v) is 35.5. The van der Waals surface area contributed by atoms with Gasteiger partial charge < -0.3 is 65.1 Å². The summed E-state index contributed by atoms with van der Waals surface area (Å²) in [5.41, 5.74) is 0. The molecule has 14 heteroatoms. The van der Waals surface area contributed by atoms with Crippen LogP contribution in [0.25, 0.3) is 0 Å². The number of allylic oxidation sites excluding steroid dienone is 3. The Labute approximate surface area is 348 Å². The third-order valence-corrected chi connectivity index (χ3v) is 11.1. The number of aliphatic hydroxyl groups excluding tert-OH is 8. The van der Waals surface area contributed by atoms with Gasteiger partial charge in [-0.05, 0) is 32.1 Å². The summed E-state index contributed by atoms with van der Waals surface area (Å²) in [6.07, 6.45) is 15.2. The van der Waals surface area contributed by atoms with Gasteiger partial charge in [0.25, 0.3) is 0 Å². The fourth-order valence-electron chi connectivity index (χ4n) is 7.36. The predicted octanol–water partition coefficient (Wildman–Crippen LogP) is 4.21. The number of ether oxygens (including phenoxy) is 4. The van der Waals surface area contributed by atoms with E-state index in [-0.39, 0.29) is 18.9 Å². The summed E-state index contributed by atoms with van der Waals surface area (Å²) < 4.78 is 22.6. The highest BCUT2D eigenvalue weighted by Crippen LogP contribution is 2.30. The van der Waals surface area contributed by atoms with Crippen molar-refractivity contribution in [1.82, 2.24) is 5.32 Å². The summed E-state index contributed by atoms with van der Waals surface area (Å²) in [6, 6.07) is -0.923. The average molecular weight is 832 g/mol. The first-order valence-corrected chi connectivity index (χ1v) is 22.6. The summed E-state index contributed by atoms with van der Waals surface area (Å²) in [4.78, 5) is 13.0. The summed E-state index contributed by atoms with van der Waals surface area (Å²) in [5, 5.41) is 86.3. The number of hydrogen-bond donors (Lipinski definition) is 9. The largest absolute Gasteiger partial charge is 0.394 e. The molecule has 0 aromatic carbocycles. The van der Waals surface area contributed by atoms with Gasteiger partial charge in [-0.3, -0.25) is 4.79 Å². The number of unbranched alkanes of at least 4 members (excludes halogenated alkanes) is 18. The van der Waals surface area contributed by atoms with Crippen molar-refractivity contribution in [3.05, 3.63) is 24.3 Å². The van der Waals surface area contributed by atoms with Gasteiger partial charge in [-0.15, -0.1) is 0 Å². The van der Waals surface area contributed by atoms with E-state index in [1.165, 1.54) is 89.9 Å². The second kappa shape index (κ2) is 32.2. The van der Waals surface area contributed by atoms with E-state index < -0.39 is 86.8 Å². The summed E-state index contributed by atoms with van der Waals surface area (Å²) in [6.45, 7) is 2.71. The molecular weight excluding hydrogens is 750 g/mol. The van der Waals surface area contributed by atoms with Crippen molar-refractivity contribution < 1.29 is 64.6 Å². The lowest BCUT2D eigenvalue weighted by molar-refractivity contribution is -0.359. The number of rotatable bonds is 33. The van der Waals surface area contributed by atoms with E-state index in [4.69, 9.17) is 18.9 Å². The van der Waals surface area contributed by atoms with E-state index in [0.29, 0.717) is 12.8 Å². The van der Waals surface area contributed by atoms with Gasteiger partial charge in [0, 0.05) is 6.42 Å². The Hall–Kier alpha value is -1.53. The summed E-state index contributed by atoms with van der Waals surface area (Å²) >= 11 is 0. The molecule has 58 heavy (non-hydrogen) atoms. The first-order valence-electron chi connectivity index (χ1n) is 22.6. The van der Waals surface area contributed by atoms with Gasteiger partial charge in [0.05, 0.1) is 32.0 Å². The molecule has 12 atom stereocenters. The minimum Gasteiger partial charge on any atom is -0.394 e. The maximum atomic E-state index is 13.0. The Morgan fingerprint density at radius 2 is 1.10 bits per heavy atom. The van der Waals surface area contributed by atoms with Crippen LogP contribution in [-0.4, -0.2) is 140 Å². The highest BCUT2D eigenvalue weighted by molar-refractivity contribution is 5.76. The van der Waals surface area contributed by atoms with E-state index in [1.807, 2.05) is 6.08 Å². The Morgan fingerprint density at radius 3 is 1.69 bits per heavy atom. The molecule has 2 fully saturated rings. The fourth-order valence-corrected chi connectivity index (χ4v) is 7.36. The van der Waals surface area contributed by atoms with Crippen molar-refractivity contribution in [2.75, 3.05) is 19.8 Å². The molecular formula is C44H81NO13. The first kappa shape index (κ1) is 52.6. The van der Waals surface area contributed by atoms with Crippen LogP contribution in [0.3, 0.4) is 0 Å². The molecule has 2 rings (SSSR count). The second-order valence-corrected chi connectivity index (χ2v) is 16.2. The van der Waals surface area contributed by atoms with E-state index in [2.05, 4.69) is 31.3 Å². The molecule has 1 amide bonds. The van der Waals surface area contributed by atoms with Gasteiger partial charge >= 0.3 is 0 Å². The molecule has 2 aliphatic rings. The van der Waals surface area contributed by atoms with Crippen molar-refractivity contribution >= 4 is 5.91 Å². The molecule has 12 unspecified atom stereocenters. The SMILES string of the molecule is CCCCCCCCCC/C=C/CC/C=C/C(O)C(COC1OC(CO)C(OC2OC(CO)C(O)C(O)C2O)C(O)C1O)NC(=O)CCCCCCCCCCCC. The standard InChI is InChI=1S/C44H81NO13/c1-3-5-7-9-11-13-15-16-17-18-19-21-23-25-27-33(48)32(45-36(49)28-26-24-22-20-14-12-10-8-6-4-2)31-55-43-41(54)39(52)42(35(30-47)57-43)58-44-40(53)38(51)37(50)34(29-46)56-44/h18-19,25,27,32-35,37-44,46-48,50-54H,3-17,20-24,26,28-31H2,1-2H3,(H,45,49)/b19-18+,27-25+. The Balaban J connectivity index is 1.93. The molecule has 0 aliphatic carbocycles. The van der Waals surface area contributed by atoms with Crippen LogP contribution < -0.4 is 5.32 Å². The van der Waals surface area contributed by atoms with Gasteiger partial charge in [-0.1, -0.05) is 141 Å². The van der Waals surface area contributed by atoms with Crippen LogP contribution in [0.2, 0.25) is 0 Å². The molecule has 2 aliphatic heterocycles. The first-order chi connectivity index (χ1) is 28.1. The molecule has 0 aromatic rings. The molecule has 0 radical (unpaired) electrons. The molecule has 0 spiro atoms. The number of amides is 1. The fraction of sp³-hybridized carbons (Fsp3) is 0.886. The van der Waals surface area contributed by atoms with Crippen molar-refractivity contribution in [1.29, 1.82) is 0 Å². The van der Waals surface area contributed by atoms with Crippen LogP contribution in [0, 0.1) is 0 Å². The smallest absolute Gasteiger partial charge is 0.220 e. The highest BCUT2D eigenvalue weighted by atomic mass is 16.7. The van der Waals surface area contributed by atoms with Crippen LogP contribution in [0.5, 0.6) is 0 Å². The normalized spacial score (nSPS) is 29.0. The minimum atomic E-state index is -1.79. The highest BCUT2D eigenvalue weighted by Gasteiger charge is 2.50. The minimum absolute atomic E-state index is 0.254. The zero-order chi connectivity index (χ0) is 42.5. The third-order valence-electron chi connectivity index (χ3n) is 11.1. The lowest BCUT2D eigenvalue weighted by Gasteiger charge is -2.46. The van der Waals surface area contributed by atoms with E-state index in [0.717, 1.165) is 32.1 Å². The van der Waals surface area contributed by atoms with Crippen LogP contribution in [0.4, 0.5) is 0 Å². The van der Waals surface area contributed by atoms with Gasteiger partial charge in [0.15, 0.2) is 12.6 Å². The van der Waals surface area contributed by atoms with E-state index in [1.54, 1.807) is 6.08 Å². The maximum absolute atomic E-state index is 13.0. The lowest BCUT2D eigenvalue weighted by atomic mass is 9.97. The predicted molar refractivity (Wildman–Crippen MR) is 221 cm³/mol. The van der Waals surface area contributed by atoms with Gasteiger partial charge in [0.1, 0.15) is 48.8 Å². The molecule has 340 valence electrons. The topological polar surface area (TPSA) is 228 Å². The van der Waals surface area contributed by atoms with Crippen molar-refractivity contribution in [3.8, 4) is 0 Å². The third kappa shape index (κ3) is 20.4. The number of hydrogen-bond acceptors (Lipinski definition) is 13. The zero-order valence-electron chi connectivity index (χ0n) is 35.5. The quantitative estimate of drug-likeness (QED) is 0.0334. The Morgan fingerprint density at radius 1 is 0.603 bits per heavy atom. The molecule has 14 nitrogen and oxygen atoms in total. The molecule has 0 saturated carbocycles. The average Bonchev–Trinajstić information content (AvgIpc) is 3.22. The lowest BCUT2D eigenvalue weighted by Crippen LogP contribution is -2.65. The number of carbonyl (C=O) groups is 1.